The second-order valence-electron chi connectivity index (χ2n) is 23.4. The highest BCUT2D eigenvalue weighted by atomic mass is 16.5. The fraction of sp³-hybridized carbons (Fsp3) is 0.696. The van der Waals surface area contributed by atoms with Crippen LogP contribution in [-0.4, -0.2) is 121 Å². The molecular weight excluding hydrogens is 995 g/mol. The molecule has 0 aliphatic carbocycles. The summed E-state index contributed by atoms with van der Waals surface area (Å²) in [6, 6.07) is 24.8. The quantitative estimate of drug-likeness (QED) is 0.0609. The standard InChI is InChI=1S/C69H111N5O6/c1-4-7-10-13-16-19-22-25-28-40-67(75)72-46-43-70-44-47-73(68(76)41-29-26-23-20-17-14-11-8-5-2)59-62-35-32-38-65(56-62)79-53-50-71(49-52-78-64-37-31-34-61(55-64)58-72)51-54-80-66-39-33-36-63(57-66)60-74(48-45-70)69(77)42-30-27-24-21-18-15-12-9-6-3/h31-39,55-57H,4-30,40-54,58-60H2,1-3H3. The molecule has 0 spiro atoms. The second kappa shape index (κ2) is 42.2. The first-order chi connectivity index (χ1) is 39.3. The summed E-state index contributed by atoms with van der Waals surface area (Å²) in [5.41, 5.74) is 3.13. The van der Waals surface area contributed by atoms with Gasteiger partial charge in [0.1, 0.15) is 37.1 Å². The molecule has 3 heterocycles. The van der Waals surface area contributed by atoms with Gasteiger partial charge in [-0.05, 0) is 72.4 Å². The molecule has 0 saturated heterocycles. The monoisotopic (exact) mass is 1110 g/mol. The minimum absolute atomic E-state index is 0.179. The van der Waals surface area contributed by atoms with Crippen LogP contribution in [0.2, 0.25) is 0 Å². The summed E-state index contributed by atoms with van der Waals surface area (Å²) in [6.45, 7) is 15.2. The molecule has 80 heavy (non-hydrogen) atoms. The molecule has 0 atom stereocenters. The maximum Gasteiger partial charge on any atom is 0.222 e. The van der Waals surface area contributed by atoms with Gasteiger partial charge in [-0.3, -0.25) is 24.2 Å². The molecule has 3 aromatic rings. The Morgan fingerprint density at radius 2 is 0.575 bits per heavy atom. The Morgan fingerprint density at radius 3 is 0.850 bits per heavy atom. The lowest BCUT2D eigenvalue weighted by atomic mass is 10.1. The summed E-state index contributed by atoms with van der Waals surface area (Å²) in [7, 11) is 0. The van der Waals surface area contributed by atoms with Gasteiger partial charge in [0.05, 0.1) is 0 Å². The number of carbonyl (C=O) groups excluding carboxylic acids is 3. The summed E-state index contributed by atoms with van der Waals surface area (Å²) >= 11 is 0. The molecule has 0 radical (unpaired) electrons. The van der Waals surface area contributed by atoms with E-state index in [1.165, 1.54) is 135 Å². The van der Waals surface area contributed by atoms with E-state index in [1.54, 1.807) is 0 Å². The Morgan fingerprint density at radius 1 is 0.325 bits per heavy atom. The maximum absolute atomic E-state index is 14.5. The summed E-state index contributed by atoms with van der Waals surface area (Å²) < 4.78 is 19.4. The molecule has 0 aromatic heterocycles. The number of amides is 3. The number of hydrogen-bond donors (Lipinski definition) is 0. The van der Waals surface area contributed by atoms with E-state index in [0.29, 0.717) is 118 Å². The van der Waals surface area contributed by atoms with Gasteiger partial charge in [0.2, 0.25) is 17.7 Å². The Kier molecular flexibility index (Phi) is 35.0. The van der Waals surface area contributed by atoms with Crippen molar-refractivity contribution < 1.29 is 28.6 Å². The van der Waals surface area contributed by atoms with Gasteiger partial charge in [-0.1, -0.05) is 211 Å². The topological polar surface area (TPSA) is 95.1 Å². The van der Waals surface area contributed by atoms with Gasteiger partial charge in [0.15, 0.2) is 0 Å². The smallest absolute Gasteiger partial charge is 0.222 e. The molecule has 3 aliphatic heterocycles. The number of nitrogens with zero attached hydrogens (tertiary/aromatic N) is 5. The lowest BCUT2D eigenvalue weighted by Gasteiger charge is -2.32. The van der Waals surface area contributed by atoms with E-state index in [9.17, 15) is 14.4 Å². The largest absolute Gasteiger partial charge is 0.492 e. The Bertz CT molecular complexity index is 1870. The van der Waals surface area contributed by atoms with Crippen LogP contribution in [0.5, 0.6) is 17.2 Å². The van der Waals surface area contributed by atoms with Gasteiger partial charge in [-0.15, -0.1) is 0 Å². The average molecular weight is 1110 g/mol. The summed E-state index contributed by atoms with van der Waals surface area (Å²) in [5.74, 6) is 2.91. The molecule has 0 unspecified atom stereocenters. The molecule has 3 amide bonds. The van der Waals surface area contributed by atoms with Crippen molar-refractivity contribution in [2.75, 3.05) is 78.7 Å². The van der Waals surface area contributed by atoms with Crippen molar-refractivity contribution in [2.45, 2.75) is 233 Å². The zero-order valence-electron chi connectivity index (χ0n) is 50.9. The zero-order valence-corrected chi connectivity index (χ0v) is 50.9. The van der Waals surface area contributed by atoms with Crippen LogP contribution in [-0.2, 0) is 34.0 Å². The van der Waals surface area contributed by atoms with Crippen LogP contribution in [0.4, 0.5) is 0 Å². The lowest BCUT2D eigenvalue weighted by Crippen LogP contribution is -2.45. The Hall–Kier alpha value is -4.61. The Balaban J connectivity index is 1.44. The van der Waals surface area contributed by atoms with Gasteiger partial charge >= 0.3 is 0 Å². The molecule has 11 heteroatoms. The highest BCUT2D eigenvalue weighted by molar-refractivity contribution is 5.77. The van der Waals surface area contributed by atoms with Crippen LogP contribution < -0.4 is 14.2 Å². The minimum Gasteiger partial charge on any atom is -0.492 e. The first-order valence-corrected chi connectivity index (χ1v) is 32.8. The number of hydrogen-bond acceptors (Lipinski definition) is 8. The van der Waals surface area contributed by atoms with E-state index < -0.39 is 0 Å². The van der Waals surface area contributed by atoms with Crippen molar-refractivity contribution in [3.05, 3.63) is 89.5 Å². The van der Waals surface area contributed by atoms with Crippen molar-refractivity contribution in [1.82, 2.24) is 24.5 Å². The third-order valence-corrected chi connectivity index (χ3v) is 16.4. The van der Waals surface area contributed by atoms with Crippen molar-refractivity contribution in [3.8, 4) is 17.2 Å². The van der Waals surface area contributed by atoms with Crippen molar-refractivity contribution in [2.24, 2.45) is 0 Å². The Labute approximate surface area is 487 Å². The molecule has 0 N–H and O–H groups in total. The van der Waals surface area contributed by atoms with Gasteiger partial charge in [-0.25, -0.2) is 0 Å². The summed E-state index contributed by atoms with van der Waals surface area (Å²) in [6.07, 6.45) is 34.1. The normalized spacial score (nSPS) is 17.1. The number of unbranched alkanes of at least 4 members (excludes halogenated alkanes) is 24. The van der Waals surface area contributed by atoms with Crippen LogP contribution in [0.3, 0.4) is 0 Å². The van der Waals surface area contributed by atoms with Gasteiger partial charge in [-0.2, -0.15) is 0 Å². The first kappa shape index (κ1) is 66.2. The number of ether oxygens (including phenoxy) is 3. The predicted octanol–water partition coefficient (Wildman–Crippen LogP) is 15.6. The van der Waals surface area contributed by atoms with E-state index in [1.807, 2.05) is 36.4 Å². The molecule has 3 aromatic carbocycles. The molecule has 8 bridgehead atoms. The summed E-state index contributed by atoms with van der Waals surface area (Å²) in [4.78, 5) is 54.6. The molecule has 11 nitrogen and oxygen atoms in total. The molecule has 6 rings (SSSR count). The van der Waals surface area contributed by atoms with Crippen molar-refractivity contribution >= 4 is 17.7 Å². The fourth-order valence-electron chi connectivity index (χ4n) is 11.3. The minimum atomic E-state index is 0.179. The number of carbonyl (C=O) groups is 3. The molecule has 448 valence electrons. The molecule has 0 saturated carbocycles. The van der Waals surface area contributed by atoms with Crippen molar-refractivity contribution in [3.63, 3.8) is 0 Å². The van der Waals surface area contributed by atoms with E-state index in [2.05, 4.69) is 81.7 Å². The third-order valence-electron chi connectivity index (χ3n) is 16.4. The molecular formula is C69H111N5O6. The summed E-state index contributed by atoms with van der Waals surface area (Å²) in [5, 5.41) is 0. The number of benzene rings is 3. The van der Waals surface area contributed by atoms with E-state index in [-0.39, 0.29) is 17.7 Å². The second-order valence-corrected chi connectivity index (χ2v) is 23.4. The average Bonchev–Trinajstić information content (AvgIpc) is 3.46. The highest BCUT2D eigenvalue weighted by Gasteiger charge is 2.22. The molecule has 3 aliphatic rings. The fourth-order valence-corrected chi connectivity index (χ4v) is 11.3. The number of rotatable bonds is 30. The van der Waals surface area contributed by atoms with Crippen LogP contribution in [0.25, 0.3) is 0 Å². The maximum atomic E-state index is 14.5. The van der Waals surface area contributed by atoms with Gasteiger partial charge in [0.25, 0.3) is 0 Å². The van der Waals surface area contributed by atoms with Crippen molar-refractivity contribution in [1.29, 1.82) is 0 Å². The number of fused-ring (bicyclic) bond motifs is 15. The van der Waals surface area contributed by atoms with Crippen LogP contribution >= 0.6 is 0 Å². The first-order valence-electron chi connectivity index (χ1n) is 32.8. The zero-order chi connectivity index (χ0) is 56.5. The molecule has 0 fully saturated rings. The van der Waals surface area contributed by atoms with Gasteiger partial charge < -0.3 is 28.9 Å². The SMILES string of the molecule is CCCCCCCCCCCC(=O)N1CCN2CCN(C(=O)CCCCCCCCCCC)Cc3cccc(c3)OCCN(CCOc3cccc(c3)C1)CCOc1cccc(c1)CN(C(=O)CCCCCCCCCCC)CC2. The van der Waals surface area contributed by atoms with Gasteiger partial charge in [0, 0.05) is 97.8 Å². The van der Waals surface area contributed by atoms with E-state index in [0.717, 1.165) is 72.5 Å². The van der Waals surface area contributed by atoms with Crippen LogP contribution in [0.15, 0.2) is 72.8 Å². The van der Waals surface area contributed by atoms with Crippen LogP contribution in [0, 0.1) is 0 Å². The van der Waals surface area contributed by atoms with E-state index in [4.69, 9.17) is 14.2 Å². The predicted molar refractivity (Wildman–Crippen MR) is 330 cm³/mol. The third kappa shape index (κ3) is 28.9. The van der Waals surface area contributed by atoms with E-state index >= 15 is 0 Å². The van der Waals surface area contributed by atoms with Crippen LogP contribution in [0.1, 0.15) is 230 Å². The highest BCUT2D eigenvalue weighted by Crippen LogP contribution is 2.22. The lowest BCUT2D eigenvalue weighted by molar-refractivity contribution is -0.132.